The summed E-state index contributed by atoms with van der Waals surface area (Å²) in [6.45, 7) is 4.98. The van der Waals surface area contributed by atoms with Gasteiger partial charge in [-0.2, -0.15) is 0 Å². The van der Waals surface area contributed by atoms with E-state index in [0.29, 0.717) is 40.8 Å². The fraction of sp³-hybridized carbons (Fsp3) is 0.593. The number of nitrogens with one attached hydrogen (secondary N) is 3. The number of halogens is 1. The fourth-order valence-corrected chi connectivity index (χ4v) is 6.38. The van der Waals surface area contributed by atoms with Crippen LogP contribution in [-0.2, 0) is 4.74 Å². The Morgan fingerprint density at radius 3 is 2.50 bits per heavy atom. The van der Waals surface area contributed by atoms with Gasteiger partial charge in [0.15, 0.2) is 0 Å². The maximum atomic E-state index is 13.8. The van der Waals surface area contributed by atoms with Crippen LogP contribution in [0.4, 0.5) is 15.3 Å². The smallest absolute Gasteiger partial charge is 0.411 e. The van der Waals surface area contributed by atoms with Crippen molar-refractivity contribution in [2.24, 2.45) is 23.5 Å². The van der Waals surface area contributed by atoms with Crippen molar-refractivity contribution in [1.29, 1.82) is 0 Å². The van der Waals surface area contributed by atoms with Crippen LogP contribution in [0.3, 0.4) is 0 Å². The lowest BCUT2D eigenvalue weighted by molar-refractivity contribution is 0.126. The summed E-state index contributed by atoms with van der Waals surface area (Å²) in [4.78, 5) is 37.5. The van der Waals surface area contributed by atoms with E-state index in [1.54, 1.807) is 12.1 Å². The summed E-state index contributed by atoms with van der Waals surface area (Å²) >= 11 is 6.66. The fourth-order valence-electron chi connectivity index (χ4n) is 6.14. The zero-order chi connectivity index (χ0) is 26.6. The summed E-state index contributed by atoms with van der Waals surface area (Å²) in [6.07, 6.45) is 4.53. The number of anilines is 1. The predicted molar refractivity (Wildman–Crippen MR) is 147 cm³/mol. The minimum atomic E-state index is -0.528. The highest BCUT2D eigenvalue weighted by Gasteiger charge is 2.43. The van der Waals surface area contributed by atoms with Crippen molar-refractivity contribution in [1.82, 2.24) is 25.1 Å². The Balaban J connectivity index is 1.37. The molecule has 0 bridgehead atoms. The Kier molecular flexibility index (Phi) is 8.40. The first kappa shape index (κ1) is 26.8. The number of carbonyl (C=O) groups excluding carboxylic acids is 2. The maximum Gasteiger partial charge on any atom is 0.411 e. The number of imidazole rings is 1. The van der Waals surface area contributed by atoms with Crippen LogP contribution in [0.15, 0.2) is 24.3 Å². The number of aromatic amines is 1. The summed E-state index contributed by atoms with van der Waals surface area (Å²) in [5.41, 5.74) is 7.95. The number of nitrogens with zero attached hydrogens (tertiary/aromatic N) is 3. The molecule has 1 aromatic heterocycles. The zero-order valence-corrected chi connectivity index (χ0v) is 22.7. The minimum absolute atomic E-state index is 0.0919. The minimum Gasteiger partial charge on any atom is -0.453 e. The Hall–Kier alpha value is -2.82. The van der Waals surface area contributed by atoms with Crippen molar-refractivity contribution in [3.05, 3.63) is 35.2 Å². The second kappa shape index (κ2) is 11.9. The number of H-pyrrole nitrogens is 1. The molecule has 0 spiro atoms. The summed E-state index contributed by atoms with van der Waals surface area (Å²) in [6, 6.07) is 7.21. The number of rotatable bonds is 5. The number of aromatic nitrogens is 2. The van der Waals surface area contributed by atoms with E-state index in [0.717, 1.165) is 76.2 Å². The average Bonchev–Trinajstić information content (AvgIpc) is 3.57. The van der Waals surface area contributed by atoms with Crippen molar-refractivity contribution in [3.63, 3.8) is 0 Å². The molecule has 0 aliphatic carbocycles. The van der Waals surface area contributed by atoms with Gasteiger partial charge in [-0.1, -0.05) is 23.7 Å². The summed E-state index contributed by atoms with van der Waals surface area (Å²) < 4.78 is 4.65. The quantitative estimate of drug-likeness (QED) is 0.450. The largest absolute Gasteiger partial charge is 0.453 e. The van der Waals surface area contributed by atoms with Crippen molar-refractivity contribution in [2.45, 2.75) is 38.1 Å². The van der Waals surface area contributed by atoms with Gasteiger partial charge in [-0.15, -0.1) is 0 Å². The molecule has 38 heavy (non-hydrogen) atoms. The SMILES string of the molecule is COC(=O)Nc1ccc(-c2nc([C@@H]3C[C@H](C4CCNCC4)CN3C(=O)N3CCC(CN)CC3)[nH]c2Cl)cc1. The predicted octanol–water partition coefficient (Wildman–Crippen LogP) is 4.06. The van der Waals surface area contributed by atoms with Crippen molar-refractivity contribution in [3.8, 4) is 11.3 Å². The number of urea groups is 1. The van der Waals surface area contributed by atoms with Crippen LogP contribution in [0.2, 0.25) is 5.15 Å². The second-order valence-corrected chi connectivity index (χ2v) is 11.1. The number of methoxy groups -OCH3 is 1. The molecule has 0 radical (unpaired) electrons. The number of ether oxygens (including phenoxy) is 1. The second-order valence-electron chi connectivity index (χ2n) is 10.7. The highest BCUT2D eigenvalue weighted by Crippen LogP contribution is 2.42. The first-order chi connectivity index (χ1) is 18.5. The van der Waals surface area contributed by atoms with E-state index in [1.165, 1.54) is 7.11 Å². The van der Waals surface area contributed by atoms with Gasteiger partial charge in [0.1, 0.15) is 16.7 Å². The van der Waals surface area contributed by atoms with E-state index in [-0.39, 0.29) is 12.1 Å². The van der Waals surface area contributed by atoms with Crippen LogP contribution in [0.5, 0.6) is 0 Å². The molecule has 0 unspecified atom stereocenters. The first-order valence-electron chi connectivity index (χ1n) is 13.6. The highest BCUT2D eigenvalue weighted by molar-refractivity contribution is 6.31. The van der Waals surface area contributed by atoms with Gasteiger partial charge in [-0.05, 0) is 81.6 Å². The number of nitrogens with two attached hydrogens (primary N) is 1. The summed E-state index contributed by atoms with van der Waals surface area (Å²) in [5.74, 6) is 2.25. The lowest BCUT2D eigenvalue weighted by Crippen LogP contribution is -2.47. The molecule has 3 aliphatic rings. The van der Waals surface area contributed by atoms with Crippen LogP contribution >= 0.6 is 11.6 Å². The average molecular weight is 544 g/mol. The molecule has 1 aromatic carbocycles. The Bertz CT molecular complexity index is 1110. The molecule has 10 nitrogen and oxygen atoms in total. The molecule has 206 valence electrons. The third-order valence-electron chi connectivity index (χ3n) is 8.43. The van der Waals surface area contributed by atoms with Gasteiger partial charge in [0.05, 0.1) is 13.2 Å². The van der Waals surface area contributed by atoms with Gasteiger partial charge in [-0.3, -0.25) is 5.32 Å². The molecule has 3 aliphatic heterocycles. The molecule has 5 rings (SSSR count). The van der Waals surface area contributed by atoms with E-state index in [2.05, 4.69) is 20.4 Å². The Labute approximate surface area is 228 Å². The van der Waals surface area contributed by atoms with E-state index >= 15 is 0 Å². The van der Waals surface area contributed by atoms with Gasteiger partial charge in [-0.25, -0.2) is 14.6 Å². The van der Waals surface area contributed by atoms with Crippen molar-refractivity contribution < 1.29 is 14.3 Å². The van der Waals surface area contributed by atoms with Gasteiger partial charge in [0.25, 0.3) is 0 Å². The Morgan fingerprint density at radius 2 is 1.84 bits per heavy atom. The van der Waals surface area contributed by atoms with Gasteiger partial charge in [0.2, 0.25) is 0 Å². The number of piperidine rings is 2. The topological polar surface area (TPSA) is 129 Å². The van der Waals surface area contributed by atoms with Crippen LogP contribution in [0.1, 0.15) is 44.0 Å². The number of likely N-dealkylation sites (tertiary alicyclic amines) is 2. The molecule has 0 saturated carbocycles. The van der Waals surface area contributed by atoms with Gasteiger partial charge in [0, 0.05) is 30.9 Å². The Morgan fingerprint density at radius 1 is 1.13 bits per heavy atom. The van der Waals surface area contributed by atoms with Crippen LogP contribution < -0.4 is 16.4 Å². The van der Waals surface area contributed by atoms with Crippen LogP contribution in [0.25, 0.3) is 11.3 Å². The monoisotopic (exact) mass is 543 g/mol. The third kappa shape index (κ3) is 5.77. The normalized spacial score (nSPS) is 23.0. The van der Waals surface area contributed by atoms with Crippen LogP contribution in [-0.4, -0.2) is 78.3 Å². The molecule has 3 amide bonds. The van der Waals surface area contributed by atoms with Crippen molar-refractivity contribution >= 4 is 29.4 Å². The molecule has 11 heteroatoms. The molecule has 3 fully saturated rings. The van der Waals surface area contributed by atoms with Crippen molar-refractivity contribution in [2.75, 3.05) is 51.7 Å². The first-order valence-corrected chi connectivity index (χ1v) is 14.0. The maximum absolute atomic E-state index is 13.8. The zero-order valence-electron chi connectivity index (χ0n) is 21.9. The van der Waals surface area contributed by atoms with Gasteiger partial charge < -0.3 is 30.6 Å². The summed E-state index contributed by atoms with van der Waals surface area (Å²) in [5, 5.41) is 6.54. The number of benzene rings is 1. The van der Waals surface area contributed by atoms with Crippen LogP contribution in [0, 0.1) is 17.8 Å². The number of hydrogen-bond donors (Lipinski definition) is 4. The number of hydrogen-bond acceptors (Lipinski definition) is 6. The lowest BCUT2D eigenvalue weighted by Gasteiger charge is -2.36. The lowest BCUT2D eigenvalue weighted by atomic mass is 9.83. The molecule has 4 heterocycles. The molecule has 2 aromatic rings. The highest BCUT2D eigenvalue weighted by atomic mass is 35.5. The van der Waals surface area contributed by atoms with E-state index < -0.39 is 6.09 Å². The van der Waals surface area contributed by atoms with E-state index in [4.69, 9.17) is 22.3 Å². The molecule has 5 N–H and O–H groups in total. The van der Waals surface area contributed by atoms with E-state index in [9.17, 15) is 9.59 Å². The van der Waals surface area contributed by atoms with Gasteiger partial charge >= 0.3 is 12.1 Å². The standard InChI is InChI=1S/C27H38ClN7O3/c1-38-26(36)31-21-4-2-19(3-5-21)23-24(28)33-25(32-23)22-14-20(18-6-10-30-11-7-18)16-35(22)27(37)34-12-8-17(15-29)9-13-34/h2-5,17-18,20,22,30H,6-16,29H2,1H3,(H,31,36)(H,32,33)/t20-,22-/m0/s1. The summed E-state index contributed by atoms with van der Waals surface area (Å²) in [7, 11) is 1.32. The molecular formula is C27H38ClN7O3. The van der Waals surface area contributed by atoms with E-state index in [1.807, 2.05) is 21.9 Å². The third-order valence-corrected chi connectivity index (χ3v) is 8.71. The number of amides is 3. The molecular weight excluding hydrogens is 506 g/mol. The molecule has 2 atom stereocenters. The molecule has 3 saturated heterocycles. The number of carbonyl (C=O) groups is 2.